The molecule has 6 nitrogen and oxygen atoms in total. The maximum absolute atomic E-state index is 6.27. The van der Waals surface area contributed by atoms with E-state index in [9.17, 15) is 0 Å². The summed E-state index contributed by atoms with van der Waals surface area (Å²) < 4.78 is 6.14. The van der Waals surface area contributed by atoms with Gasteiger partial charge in [-0.1, -0.05) is 42.5 Å². The predicted octanol–water partition coefficient (Wildman–Crippen LogP) is 3.34. The second kappa shape index (κ2) is 6.99. The van der Waals surface area contributed by atoms with E-state index >= 15 is 0 Å². The van der Waals surface area contributed by atoms with Crippen molar-refractivity contribution in [3.63, 3.8) is 0 Å². The van der Waals surface area contributed by atoms with Crippen molar-refractivity contribution in [2.45, 2.75) is 37.6 Å². The Kier molecular flexibility index (Phi) is 4.13. The number of nitrogen functional groups attached to an aromatic ring is 1. The summed E-state index contributed by atoms with van der Waals surface area (Å²) in [6.07, 6.45) is 2.63. The number of hydrogen-bond donors (Lipinski definition) is 1. The van der Waals surface area contributed by atoms with Gasteiger partial charge < -0.3 is 15.4 Å². The molecule has 2 N–H and O–H groups in total. The van der Waals surface area contributed by atoms with Crippen molar-refractivity contribution in [1.29, 1.82) is 0 Å². The smallest absolute Gasteiger partial charge is 0.169 e. The average molecular weight is 399 g/mol. The number of nitrogens with zero attached hydrogens (tertiary/aromatic N) is 4. The van der Waals surface area contributed by atoms with Crippen molar-refractivity contribution in [1.82, 2.24) is 15.1 Å². The summed E-state index contributed by atoms with van der Waals surface area (Å²) in [5.74, 6) is 1.31. The largest absolute Gasteiger partial charge is 0.488 e. The maximum atomic E-state index is 6.27. The van der Waals surface area contributed by atoms with Gasteiger partial charge in [0.05, 0.1) is 11.4 Å². The van der Waals surface area contributed by atoms with Crippen molar-refractivity contribution in [3.05, 3.63) is 66.2 Å². The van der Waals surface area contributed by atoms with E-state index in [0.29, 0.717) is 24.5 Å². The van der Waals surface area contributed by atoms with Crippen LogP contribution in [0.25, 0.3) is 11.3 Å². The first kappa shape index (κ1) is 17.7. The normalized spacial score (nSPS) is 24.5. The molecule has 0 spiro atoms. The minimum Gasteiger partial charge on any atom is -0.488 e. The van der Waals surface area contributed by atoms with Crippen LogP contribution in [0.15, 0.2) is 60.7 Å². The van der Waals surface area contributed by atoms with Crippen LogP contribution in [0, 0.1) is 0 Å². The van der Waals surface area contributed by atoms with E-state index in [2.05, 4.69) is 38.2 Å². The van der Waals surface area contributed by atoms with Crippen LogP contribution in [0.2, 0.25) is 0 Å². The summed E-state index contributed by atoms with van der Waals surface area (Å²) in [4.78, 5) is 5.08. The molecular formula is C24H25N5O. The lowest BCUT2D eigenvalue weighted by Crippen LogP contribution is -2.77. The van der Waals surface area contributed by atoms with Crippen molar-refractivity contribution in [3.8, 4) is 17.0 Å². The molecule has 3 saturated heterocycles. The topological polar surface area (TPSA) is 67.5 Å². The van der Waals surface area contributed by atoms with Gasteiger partial charge >= 0.3 is 0 Å². The molecule has 1 aromatic heterocycles. The molecule has 3 aromatic rings. The lowest BCUT2D eigenvalue weighted by Gasteiger charge is -2.66. The van der Waals surface area contributed by atoms with E-state index in [1.165, 1.54) is 12.8 Å². The monoisotopic (exact) mass is 399 g/mol. The van der Waals surface area contributed by atoms with Gasteiger partial charge in [-0.05, 0) is 36.6 Å². The van der Waals surface area contributed by atoms with Crippen molar-refractivity contribution in [2.75, 3.05) is 23.7 Å². The SMILES string of the molecule is Nc1nnc(-c2ccccc2OCc2ccccc2)cc1N1CC2CC3CC(C1)N32. The van der Waals surface area contributed by atoms with E-state index < -0.39 is 0 Å². The number of piperidine rings is 1. The third-order valence-electron chi connectivity index (χ3n) is 6.76. The molecule has 6 heteroatoms. The van der Waals surface area contributed by atoms with E-state index in [4.69, 9.17) is 10.5 Å². The van der Waals surface area contributed by atoms with Gasteiger partial charge in [-0.15, -0.1) is 10.2 Å². The molecule has 0 bridgehead atoms. The standard InChI is InChI=1S/C24H25N5O/c25-24-22(28-13-18-10-17-11-19(14-28)29(17)18)12-21(26-27-24)20-8-4-5-9-23(20)30-15-16-6-2-1-3-7-16/h1-9,12,17-19H,10-11,13-15H2,(H2,25,27). The van der Waals surface area contributed by atoms with Crippen LogP contribution in [0.5, 0.6) is 5.75 Å². The molecular weight excluding hydrogens is 374 g/mol. The first-order valence-corrected chi connectivity index (χ1v) is 10.7. The van der Waals surface area contributed by atoms with Gasteiger partial charge in [0.2, 0.25) is 0 Å². The highest BCUT2D eigenvalue weighted by Crippen LogP contribution is 2.46. The Bertz CT molecular complexity index is 1060. The molecule has 3 fully saturated rings. The van der Waals surface area contributed by atoms with Gasteiger partial charge in [-0.2, -0.15) is 0 Å². The zero-order valence-electron chi connectivity index (χ0n) is 16.8. The Labute approximate surface area is 176 Å². The summed E-state index contributed by atoms with van der Waals surface area (Å²) in [7, 11) is 0. The number of hydrogen-bond acceptors (Lipinski definition) is 6. The van der Waals surface area contributed by atoms with Crippen LogP contribution < -0.4 is 15.4 Å². The fraction of sp³-hybridized carbons (Fsp3) is 0.333. The number of para-hydroxylation sites is 1. The van der Waals surface area contributed by atoms with Gasteiger partial charge in [-0.25, -0.2) is 0 Å². The van der Waals surface area contributed by atoms with Crippen molar-refractivity contribution in [2.24, 2.45) is 0 Å². The van der Waals surface area contributed by atoms with Crippen molar-refractivity contribution >= 4 is 11.5 Å². The highest BCUT2D eigenvalue weighted by molar-refractivity contribution is 5.74. The average Bonchev–Trinajstić information content (AvgIpc) is 2.75. The third-order valence-corrected chi connectivity index (χ3v) is 6.76. The van der Waals surface area contributed by atoms with Crippen LogP contribution in [-0.2, 0) is 6.61 Å². The van der Waals surface area contributed by atoms with E-state index in [1.807, 2.05) is 42.5 Å². The summed E-state index contributed by atoms with van der Waals surface area (Å²) in [5, 5.41) is 8.71. The molecule has 0 saturated carbocycles. The highest BCUT2D eigenvalue weighted by Gasteiger charge is 2.54. The summed E-state index contributed by atoms with van der Waals surface area (Å²) in [6.45, 7) is 2.56. The van der Waals surface area contributed by atoms with Gasteiger partial charge in [0, 0.05) is 36.8 Å². The maximum Gasteiger partial charge on any atom is 0.169 e. The van der Waals surface area contributed by atoms with Gasteiger partial charge in [0.25, 0.3) is 0 Å². The Morgan fingerprint density at radius 1 is 0.900 bits per heavy atom. The molecule has 152 valence electrons. The molecule has 4 heterocycles. The third kappa shape index (κ3) is 2.91. The number of anilines is 2. The minimum atomic E-state index is 0.505. The first-order chi connectivity index (χ1) is 14.8. The van der Waals surface area contributed by atoms with Crippen molar-refractivity contribution < 1.29 is 4.74 Å². The molecule has 0 amide bonds. The summed E-state index contributed by atoms with van der Waals surface area (Å²) >= 11 is 0. The lowest BCUT2D eigenvalue weighted by atomic mass is 9.74. The van der Waals surface area contributed by atoms with Crippen LogP contribution in [0.1, 0.15) is 18.4 Å². The lowest BCUT2D eigenvalue weighted by molar-refractivity contribution is -0.126. The Hall–Kier alpha value is -3.12. The molecule has 3 aliphatic rings. The molecule has 6 rings (SSSR count). The second-order valence-corrected chi connectivity index (χ2v) is 8.56. The Morgan fingerprint density at radius 3 is 2.40 bits per heavy atom. The minimum absolute atomic E-state index is 0.505. The van der Waals surface area contributed by atoms with E-state index in [-0.39, 0.29) is 0 Å². The molecule has 3 aliphatic heterocycles. The van der Waals surface area contributed by atoms with E-state index in [1.54, 1.807) is 0 Å². The summed E-state index contributed by atoms with van der Waals surface area (Å²) in [5.41, 5.74) is 10.1. The number of rotatable bonds is 5. The quantitative estimate of drug-likeness (QED) is 0.710. The molecule has 30 heavy (non-hydrogen) atoms. The van der Waals surface area contributed by atoms with Crippen LogP contribution >= 0.6 is 0 Å². The summed E-state index contributed by atoms with van der Waals surface area (Å²) in [6, 6.07) is 22.4. The Balaban J connectivity index is 1.28. The van der Waals surface area contributed by atoms with Crippen LogP contribution in [-0.4, -0.2) is 46.3 Å². The van der Waals surface area contributed by atoms with E-state index in [0.717, 1.165) is 47.4 Å². The fourth-order valence-electron chi connectivity index (χ4n) is 5.26. The van der Waals surface area contributed by atoms with Gasteiger partial charge in [0.15, 0.2) is 5.82 Å². The number of ether oxygens (including phenoxy) is 1. The Morgan fingerprint density at radius 2 is 1.63 bits per heavy atom. The molecule has 0 aliphatic carbocycles. The number of nitrogens with two attached hydrogens (primary N) is 1. The van der Waals surface area contributed by atoms with Crippen LogP contribution in [0.3, 0.4) is 0 Å². The molecule has 0 radical (unpaired) electrons. The first-order valence-electron chi connectivity index (χ1n) is 10.7. The molecule has 2 unspecified atom stereocenters. The number of aromatic nitrogens is 2. The van der Waals surface area contributed by atoms with Gasteiger partial charge in [-0.3, -0.25) is 4.90 Å². The highest BCUT2D eigenvalue weighted by atomic mass is 16.5. The zero-order chi connectivity index (χ0) is 20.1. The van der Waals surface area contributed by atoms with Gasteiger partial charge in [0.1, 0.15) is 12.4 Å². The molecule has 2 aromatic carbocycles. The fourth-order valence-corrected chi connectivity index (χ4v) is 5.26. The number of piperazine rings is 1. The van der Waals surface area contributed by atoms with Crippen LogP contribution in [0.4, 0.5) is 11.5 Å². The second-order valence-electron chi connectivity index (χ2n) is 8.56. The predicted molar refractivity (Wildman–Crippen MR) is 117 cm³/mol. The molecule has 2 atom stereocenters. The zero-order valence-corrected chi connectivity index (χ0v) is 16.8. The number of benzene rings is 2.